The molecule has 2 aliphatic rings. The summed E-state index contributed by atoms with van der Waals surface area (Å²) in [5, 5.41) is 10.7. The Balaban J connectivity index is 2.43. The quantitative estimate of drug-likeness (QED) is 0.615. The van der Waals surface area contributed by atoms with Gasteiger partial charge in [-0.25, -0.2) is 0 Å². The van der Waals surface area contributed by atoms with Crippen LogP contribution < -0.4 is 0 Å². The zero-order valence-corrected chi connectivity index (χ0v) is 14.9. The molecule has 0 aliphatic heterocycles. The van der Waals surface area contributed by atoms with Crippen LogP contribution in [0.15, 0.2) is 22.8 Å². The number of rotatable bonds is 5. The number of aliphatic hydroxyl groups excluding tert-OH is 1. The lowest BCUT2D eigenvalue weighted by Crippen LogP contribution is -2.55. The van der Waals surface area contributed by atoms with Gasteiger partial charge in [0.1, 0.15) is 12.6 Å². The highest BCUT2D eigenvalue weighted by atomic mass is 16.3. The summed E-state index contributed by atoms with van der Waals surface area (Å²) in [5.41, 5.74) is 1.99. The average molecular weight is 318 g/mol. The topological polar surface area (TPSA) is 54.4 Å². The molecule has 0 unspecified atom stereocenters. The molecule has 2 aliphatic carbocycles. The van der Waals surface area contributed by atoms with Crippen LogP contribution in [-0.2, 0) is 9.59 Å². The van der Waals surface area contributed by atoms with Crippen molar-refractivity contribution in [3.63, 3.8) is 0 Å². The van der Waals surface area contributed by atoms with Gasteiger partial charge in [-0.1, -0.05) is 24.1 Å². The van der Waals surface area contributed by atoms with Crippen molar-refractivity contribution in [1.29, 1.82) is 0 Å². The van der Waals surface area contributed by atoms with E-state index in [1.807, 2.05) is 6.92 Å². The highest BCUT2D eigenvalue weighted by Gasteiger charge is 2.57. The summed E-state index contributed by atoms with van der Waals surface area (Å²) in [4.78, 5) is 23.8. The Labute approximate surface area is 139 Å². The molecule has 0 bridgehead atoms. The van der Waals surface area contributed by atoms with Crippen LogP contribution in [0.3, 0.4) is 0 Å². The van der Waals surface area contributed by atoms with Crippen LogP contribution in [0.2, 0.25) is 0 Å². The van der Waals surface area contributed by atoms with Gasteiger partial charge in [0.2, 0.25) is 0 Å². The van der Waals surface area contributed by atoms with Crippen LogP contribution in [0.1, 0.15) is 66.2 Å². The molecule has 0 saturated heterocycles. The molecule has 128 valence electrons. The van der Waals surface area contributed by atoms with Gasteiger partial charge in [-0.05, 0) is 70.6 Å². The summed E-state index contributed by atoms with van der Waals surface area (Å²) in [5.74, 6) is 0.0470. The maximum Gasteiger partial charge on any atom is 0.146 e. The largest absolute Gasteiger partial charge is 0.393 e. The first-order chi connectivity index (χ1) is 10.8. The van der Waals surface area contributed by atoms with Gasteiger partial charge < -0.3 is 9.90 Å². The molecule has 2 rings (SSSR count). The van der Waals surface area contributed by atoms with Gasteiger partial charge in [-0.2, -0.15) is 0 Å². The fourth-order valence-corrected chi connectivity index (χ4v) is 4.93. The van der Waals surface area contributed by atoms with E-state index in [0.29, 0.717) is 18.4 Å². The standard InChI is InChI=1S/C20H30O3/c1-14(2)6-5-10-19(4)17-8-7-15(3)16(12-21)20(17,13-22)11-9-18(19)23/h6,12-13,17-18,23H,5,7-11H2,1-4H3/t17-,18-,19-,20-/m0/s1. The summed E-state index contributed by atoms with van der Waals surface area (Å²) in [6, 6.07) is 0. The minimum absolute atomic E-state index is 0.0470. The third kappa shape index (κ3) is 2.96. The van der Waals surface area contributed by atoms with E-state index < -0.39 is 11.5 Å². The summed E-state index contributed by atoms with van der Waals surface area (Å²) in [6.07, 6.45) is 8.35. The Morgan fingerprint density at radius 1 is 1.30 bits per heavy atom. The lowest BCUT2D eigenvalue weighted by Gasteiger charge is -2.56. The number of allylic oxidation sites excluding steroid dienone is 4. The molecule has 0 spiro atoms. The van der Waals surface area contributed by atoms with Crippen molar-refractivity contribution in [2.45, 2.75) is 72.3 Å². The minimum Gasteiger partial charge on any atom is -0.393 e. The monoisotopic (exact) mass is 318 g/mol. The van der Waals surface area contributed by atoms with Crippen molar-refractivity contribution >= 4 is 12.6 Å². The Kier molecular flexibility index (Phi) is 5.30. The molecule has 0 heterocycles. The number of aldehydes is 2. The van der Waals surface area contributed by atoms with Gasteiger partial charge in [-0.15, -0.1) is 0 Å². The second-order valence-corrected chi connectivity index (χ2v) is 7.94. The maximum atomic E-state index is 12.1. The SMILES string of the molecule is CC(C)=CCC[C@]1(C)[C@@H](O)CC[C@]2(C=O)C(C=O)=C(C)CC[C@@H]12. The van der Waals surface area contributed by atoms with E-state index in [0.717, 1.165) is 43.8 Å². The van der Waals surface area contributed by atoms with Gasteiger partial charge >= 0.3 is 0 Å². The van der Waals surface area contributed by atoms with E-state index in [4.69, 9.17) is 0 Å². The van der Waals surface area contributed by atoms with E-state index in [1.54, 1.807) is 0 Å². The molecule has 3 nitrogen and oxygen atoms in total. The Morgan fingerprint density at radius 2 is 2.00 bits per heavy atom. The minimum atomic E-state index is -0.691. The van der Waals surface area contributed by atoms with Gasteiger partial charge in [-0.3, -0.25) is 4.79 Å². The molecule has 0 amide bonds. The smallest absolute Gasteiger partial charge is 0.146 e. The van der Waals surface area contributed by atoms with Crippen LogP contribution in [0, 0.1) is 16.7 Å². The Bertz CT molecular complexity index is 541. The predicted molar refractivity (Wildman–Crippen MR) is 92.0 cm³/mol. The lowest BCUT2D eigenvalue weighted by molar-refractivity contribution is -0.140. The van der Waals surface area contributed by atoms with Crippen LogP contribution in [0.25, 0.3) is 0 Å². The van der Waals surface area contributed by atoms with E-state index in [2.05, 4.69) is 26.8 Å². The number of hydrogen-bond acceptors (Lipinski definition) is 3. The molecule has 0 radical (unpaired) electrons. The number of carbonyl (C=O) groups excluding carboxylic acids is 2. The fraction of sp³-hybridized carbons (Fsp3) is 0.700. The Morgan fingerprint density at radius 3 is 2.57 bits per heavy atom. The molecule has 1 N–H and O–H groups in total. The third-order valence-corrected chi connectivity index (χ3v) is 6.34. The first-order valence-electron chi connectivity index (χ1n) is 8.75. The van der Waals surface area contributed by atoms with E-state index >= 15 is 0 Å². The van der Waals surface area contributed by atoms with Crippen molar-refractivity contribution in [3.8, 4) is 0 Å². The first kappa shape index (κ1) is 18.1. The molecule has 0 aromatic rings. The predicted octanol–water partition coefficient (Wildman–Crippen LogP) is 4.00. The van der Waals surface area contributed by atoms with Crippen molar-refractivity contribution in [3.05, 3.63) is 22.8 Å². The van der Waals surface area contributed by atoms with Crippen LogP contribution in [-0.4, -0.2) is 23.8 Å². The summed E-state index contributed by atoms with van der Waals surface area (Å²) < 4.78 is 0. The highest BCUT2D eigenvalue weighted by Crippen LogP contribution is 2.59. The molecule has 1 fully saturated rings. The average Bonchev–Trinajstić information content (AvgIpc) is 2.50. The van der Waals surface area contributed by atoms with Crippen LogP contribution >= 0.6 is 0 Å². The van der Waals surface area contributed by atoms with Gasteiger partial charge in [0.05, 0.1) is 11.5 Å². The zero-order chi connectivity index (χ0) is 17.3. The lowest BCUT2D eigenvalue weighted by atomic mass is 9.48. The van der Waals surface area contributed by atoms with Crippen molar-refractivity contribution in [2.24, 2.45) is 16.7 Å². The molecular weight excluding hydrogens is 288 g/mol. The summed E-state index contributed by atoms with van der Waals surface area (Å²) in [7, 11) is 0. The number of hydrogen-bond donors (Lipinski definition) is 1. The molecule has 3 heteroatoms. The number of fused-ring (bicyclic) bond motifs is 1. The maximum absolute atomic E-state index is 12.1. The molecular formula is C20H30O3. The Hall–Kier alpha value is -1.22. The van der Waals surface area contributed by atoms with Gasteiger partial charge in [0.15, 0.2) is 0 Å². The van der Waals surface area contributed by atoms with Gasteiger partial charge in [0, 0.05) is 5.57 Å². The number of aliphatic hydroxyl groups is 1. The zero-order valence-electron chi connectivity index (χ0n) is 14.9. The fourth-order valence-electron chi connectivity index (χ4n) is 4.93. The first-order valence-corrected chi connectivity index (χ1v) is 8.75. The molecule has 1 saturated carbocycles. The van der Waals surface area contributed by atoms with E-state index in [9.17, 15) is 14.7 Å². The van der Waals surface area contributed by atoms with Crippen molar-refractivity contribution in [2.75, 3.05) is 0 Å². The third-order valence-electron chi connectivity index (χ3n) is 6.34. The van der Waals surface area contributed by atoms with Crippen LogP contribution in [0.5, 0.6) is 0 Å². The molecule has 23 heavy (non-hydrogen) atoms. The van der Waals surface area contributed by atoms with Crippen molar-refractivity contribution in [1.82, 2.24) is 0 Å². The highest BCUT2D eigenvalue weighted by molar-refractivity contribution is 5.86. The van der Waals surface area contributed by atoms with Crippen molar-refractivity contribution < 1.29 is 14.7 Å². The van der Waals surface area contributed by atoms with E-state index in [1.165, 1.54) is 5.57 Å². The normalized spacial score (nSPS) is 37.1. The van der Waals surface area contributed by atoms with Gasteiger partial charge in [0.25, 0.3) is 0 Å². The molecule has 4 atom stereocenters. The van der Waals surface area contributed by atoms with E-state index in [-0.39, 0.29) is 11.3 Å². The molecule has 0 aromatic heterocycles. The summed E-state index contributed by atoms with van der Waals surface area (Å²) >= 11 is 0. The number of carbonyl (C=O) groups is 2. The summed E-state index contributed by atoms with van der Waals surface area (Å²) in [6.45, 7) is 8.23. The molecule has 0 aromatic carbocycles. The van der Waals surface area contributed by atoms with Crippen LogP contribution in [0.4, 0.5) is 0 Å². The second-order valence-electron chi connectivity index (χ2n) is 7.94. The second kappa shape index (κ2) is 6.72.